The van der Waals surface area contributed by atoms with Crippen molar-refractivity contribution in [1.82, 2.24) is 10.2 Å². The number of benzene rings is 1. The van der Waals surface area contributed by atoms with Crippen molar-refractivity contribution in [2.75, 3.05) is 0 Å². The van der Waals surface area contributed by atoms with Gasteiger partial charge in [-0.05, 0) is 19.1 Å². The molecule has 0 fully saturated rings. The fourth-order valence-corrected chi connectivity index (χ4v) is 2.08. The van der Waals surface area contributed by atoms with Crippen molar-refractivity contribution in [3.63, 3.8) is 0 Å². The second-order valence-corrected chi connectivity index (χ2v) is 4.71. The van der Waals surface area contributed by atoms with Gasteiger partial charge in [-0.3, -0.25) is 0 Å². The Morgan fingerprint density at radius 2 is 2.22 bits per heavy atom. The molecule has 2 rings (SSSR count). The maximum Gasteiger partial charge on any atom is 0.242 e. The zero-order valence-electron chi connectivity index (χ0n) is 9.33. The monoisotopic (exact) mass is 281 g/mol. The van der Waals surface area contributed by atoms with Gasteiger partial charge in [0.25, 0.3) is 0 Å². The average Bonchev–Trinajstić information content (AvgIpc) is 2.81. The number of hydrogen-bond acceptors (Lipinski definition) is 6. The predicted octanol–water partition coefficient (Wildman–Crippen LogP) is 3.30. The van der Waals surface area contributed by atoms with Gasteiger partial charge in [0.1, 0.15) is 11.9 Å². The van der Waals surface area contributed by atoms with E-state index in [0.717, 1.165) is 0 Å². The number of halogens is 1. The number of ether oxygens (including phenoxy) is 1. The lowest BCUT2D eigenvalue weighted by Crippen LogP contribution is -2.02. The number of isocyanates is 1. The third-order valence-corrected chi connectivity index (χ3v) is 3.35. The zero-order chi connectivity index (χ0) is 13.0. The molecule has 5 nitrogen and oxygen atoms in total. The van der Waals surface area contributed by atoms with Gasteiger partial charge in [-0.25, -0.2) is 4.79 Å². The first-order valence-corrected chi connectivity index (χ1v) is 6.22. The second kappa shape index (κ2) is 5.73. The van der Waals surface area contributed by atoms with Gasteiger partial charge in [-0.1, -0.05) is 35.1 Å². The summed E-state index contributed by atoms with van der Waals surface area (Å²) in [5.74, 6) is 0.572. The lowest BCUT2D eigenvalue weighted by molar-refractivity contribution is 0.225. The van der Waals surface area contributed by atoms with Crippen LogP contribution in [-0.2, 0) is 4.79 Å². The molecule has 1 aromatic heterocycles. The summed E-state index contributed by atoms with van der Waals surface area (Å²) in [6.07, 6.45) is 1.09. The fourth-order valence-electron chi connectivity index (χ4n) is 1.26. The molecule has 0 spiro atoms. The molecule has 0 aliphatic heterocycles. The summed E-state index contributed by atoms with van der Waals surface area (Å²) < 4.78 is 5.66. The number of aromatic nitrogens is 2. The lowest BCUT2D eigenvalue weighted by Gasteiger charge is -2.12. The van der Waals surface area contributed by atoms with Gasteiger partial charge >= 0.3 is 0 Å². The molecule has 1 aromatic carbocycles. The van der Waals surface area contributed by atoms with E-state index in [1.54, 1.807) is 12.1 Å². The summed E-state index contributed by atoms with van der Waals surface area (Å²) in [6, 6.07) is 7.16. The summed E-state index contributed by atoms with van der Waals surface area (Å²) in [5, 5.41) is 9.01. The summed E-state index contributed by atoms with van der Waals surface area (Å²) in [7, 11) is 0. The normalized spacial score (nSPS) is 11.7. The van der Waals surface area contributed by atoms with E-state index in [0.29, 0.717) is 15.8 Å². The summed E-state index contributed by atoms with van der Waals surface area (Å²) in [6.45, 7) is 1.82. The Balaban J connectivity index is 2.14. The van der Waals surface area contributed by atoms with Crippen molar-refractivity contribution in [1.29, 1.82) is 0 Å². The number of carbonyl (C=O) groups excluding carboxylic acids is 1. The van der Waals surface area contributed by atoms with Crippen LogP contribution in [0.5, 0.6) is 5.75 Å². The van der Waals surface area contributed by atoms with E-state index in [9.17, 15) is 4.79 Å². The van der Waals surface area contributed by atoms with E-state index in [2.05, 4.69) is 15.2 Å². The van der Waals surface area contributed by atoms with Crippen LogP contribution in [0.25, 0.3) is 0 Å². The maximum atomic E-state index is 10.1. The topological polar surface area (TPSA) is 64.4 Å². The number of rotatable bonds is 4. The second-order valence-electron chi connectivity index (χ2n) is 3.32. The van der Waals surface area contributed by atoms with Crippen LogP contribution in [0.15, 0.2) is 29.3 Å². The van der Waals surface area contributed by atoms with Gasteiger partial charge in [-0.2, -0.15) is 0 Å². The van der Waals surface area contributed by atoms with Crippen LogP contribution in [0.1, 0.15) is 18.0 Å². The Kier molecular flexibility index (Phi) is 4.04. The first-order chi connectivity index (χ1) is 8.70. The van der Waals surface area contributed by atoms with Crippen LogP contribution in [0.3, 0.4) is 0 Å². The molecular formula is C11H8ClN3O2S. The van der Waals surface area contributed by atoms with Crippen LogP contribution < -0.4 is 4.74 Å². The molecule has 1 heterocycles. The highest BCUT2D eigenvalue weighted by atomic mass is 35.5. The van der Waals surface area contributed by atoms with Crippen LogP contribution in [0, 0.1) is 0 Å². The minimum Gasteiger partial charge on any atom is -0.482 e. The van der Waals surface area contributed by atoms with Crippen molar-refractivity contribution in [2.24, 2.45) is 4.99 Å². The van der Waals surface area contributed by atoms with Gasteiger partial charge in [0, 0.05) is 0 Å². The highest BCUT2D eigenvalue weighted by Gasteiger charge is 2.14. The van der Waals surface area contributed by atoms with Crippen LogP contribution in [0.2, 0.25) is 5.02 Å². The maximum absolute atomic E-state index is 10.1. The molecule has 0 saturated carbocycles. The average molecular weight is 282 g/mol. The van der Waals surface area contributed by atoms with Crippen molar-refractivity contribution in [3.8, 4) is 5.75 Å². The molecule has 0 aliphatic carbocycles. The molecule has 0 amide bonds. The van der Waals surface area contributed by atoms with E-state index in [-0.39, 0.29) is 11.2 Å². The Bertz CT molecular complexity index is 595. The first kappa shape index (κ1) is 12.7. The zero-order valence-corrected chi connectivity index (χ0v) is 10.9. The minimum atomic E-state index is -0.321. The molecule has 0 saturated heterocycles. The van der Waals surface area contributed by atoms with Crippen molar-refractivity contribution < 1.29 is 9.53 Å². The summed E-state index contributed by atoms with van der Waals surface area (Å²) >= 11 is 7.15. The molecule has 1 unspecified atom stereocenters. The fraction of sp³-hybridized carbons (Fsp3) is 0.182. The van der Waals surface area contributed by atoms with Crippen LogP contribution in [0.4, 0.5) is 5.13 Å². The Labute approximate surface area is 112 Å². The first-order valence-electron chi connectivity index (χ1n) is 5.03. The van der Waals surface area contributed by atoms with Gasteiger partial charge in [-0.15, -0.1) is 15.2 Å². The Morgan fingerprint density at radius 1 is 1.44 bits per heavy atom. The molecular weight excluding hydrogens is 274 g/mol. The molecule has 2 aromatic rings. The molecule has 18 heavy (non-hydrogen) atoms. The smallest absolute Gasteiger partial charge is 0.242 e. The van der Waals surface area contributed by atoms with E-state index in [1.807, 2.05) is 19.1 Å². The number of para-hydroxylation sites is 1. The quantitative estimate of drug-likeness (QED) is 0.637. The molecule has 0 aliphatic rings. The van der Waals surface area contributed by atoms with Crippen molar-refractivity contribution >= 4 is 34.1 Å². The molecule has 92 valence electrons. The van der Waals surface area contributed by atoms with Crippen LogP contribution in [-0.4, -0.2) is 16.3 Å². The summed E-state index contributed by atoms with van der Waals surface area (Å²) in [4.78, 5) is 13.5. The predicted molar refractivity (Wildman–Crippen MR) is 68.2 cm³/mol. The van der Waals surface area contributed by atoms with Crippen molar-refractivity contribution in [3.05, 3.63) is 34.3 Å². The SMILES string of the molecule is CC(Oc1ccccc1Cl)c1nnc(N=C=O)s1. The van der Waals surface area contributed by atoms with Gasteiger partial charge < -0.3 is 4.74 Å². The highest BCUT2D eigenvalue weighted by Crippen LogP contribution is 2.30. The standard InChI is InChI=1S/C11H8ClN3O2S/c1-7(10-14-15-11(18-10)13-6-16)17-9-5-3-2-4-8(9)12/h2-5,7H,1H3. The number of aliphatic imine (C=N–C) groups is 1. The third kappa shape index (κ3) is 2.92. The lowest BCUT2D eigenvalue weighted by atomic mass is 10.3. The molecule has 0 N–H and O–H groups in total. The van der Waals surface area contributed by atoms with E-state index >= 15 is 0 Å². The largest absolute Gasteiger partial charge is 0.482 e. The number of hydrogen-bond donors (Lipinski definition) is 0. The van der Waals surface area contributed by atoms with E-state index in [4.69, 9.17) is 16.3 Å². The number of nitrogens with zero attached hydrogens (tertiary/aromatic N) is 3. The molecule has 7 heteroatoms. The van der Waals surface area contributed by atoms with Crippen LogP contribution >= 0.6 is 22.9 Å². The third-order valence-electron chi connectivity index (χ3n) is 2.06. The highest BCUT2D eigenvalue weighted by molar-refractivity contribution is 7.15. The molecule has 1 atom stereocenters. The molecule has 0 bridgehead atoms. The minimum absolute atomic E-state index is 0.259. The Morgan fingerprint density at radius 3 is 2.94 bits per heavy atom. The van der Waals surface area contributed by atoms with Gasteiger partial charge in [0.05, 0.1) is 5.02 Å². The van der Waals surface area contributed by atoms with Gasteiger partial charge in [0.2, 0.25) is 11.2 Å². The molecule has 0 radical (unpaired) electrons. The van der Waals surface area contributed by atoms with E-state index in [1.165, 1.54) is 17.4 Å². The summed E-state index contributed by atoms with van der Waals surface area (Å²) in [5.41, 5.74) is 0. The Hall–Kier alpha value is -1.75. The van der Waals surface area contributed by atoms with E-state index < -0.39 is 0 Å². The van der Waals surface area contributed by atoms with Gasteiger partial charge in [0.15, 0.2) is 5.01 Å². The van der Waals surface area contributed by atoms with Crippen molar-refractivity contribution in [2.45, 2.75) is 13.0 Å².